The van der Waals surface area contributed by atoms with Crippen molar-refractivity contribution in [2.75, 3.05) is 12.4 Å². The number of carbonyl (C=O) groups is 1. The normalized spacial score (nSPS) is 15.1. The summed E-state index contributed by atoms with van der Waals surface area (Å²) < 4.78 is 0.828. The molecule has 1 amide bonds. The van der Waals surface area contributed by atoms with Crippen molar-refractivity contribution in [3.05, 3.63) is 33.3 Å². The third-order valence-electron chi connectivity index (χ3n) is 3.42. The summed E-state index contributed by atoms with van der Waals surface area (Å²) >= 11 is 15.1. The number of rotatable bonds is 5. The molecule has 1 aromatic rings. The number of halogens is 3. The highest BCUT2D eigenvalue weighted by Crippen LogP contribution is 2.28. The summed E-state index contributed by atoms with van der Waals surface area (Å²) in [7, 11) is 0. The van der Waals surface area contributed by atoms with Gasteiger partial charge in [0.15, 0.2) is 0 Å². The van der Waals surface area contributed by atoms with E-state index >= 15 is 0 Å². The van der Waals surface area contributed by atoms with Crippen molar-refractivity contribution in [1.82, 2.24) is 4.90 Å². The summed E-state index contributed by atoms with van der Waals surface area (Å²) in [5, 5.41) is 0.573. The molecule has 1 aliphatic carbocycles. The fraction of sp³-hybridized carbons (Fsp3) is 0.500. The minimum atomic E-state index is 0.0537. The van der Waals surface area contributed by atoms with Gasteiger partial charge in [-0.05, 0) is 43.9 Å². The molecule has 1 aromatic carbocycles. The average molecular weight is 365 g/mol. The van der Waals surface area contributed by atoms with Crippen LogP contribution >= 0.6 is 39.1 Å². The number of hydrogen-bond donors (Lipinski definition) is 0. The Morgan fingerprint density at radius 2 is 2.11 bits per heavy atom. The quantitative estimate of drug-likeness (QED) is 0.692. The molecule has 0 heterocycles. The second-order valence-electron chi connectivity index (χ2n) is 4.78. The summed E-state index contributed by atoms with van der Waals surface area (Å²) in [5.74, 6) is 0.633. The first-order valence-electron chi connectivity index (χ1n) is 6.45. The number of hydrogen-bond acceptors (Lipinski definition) is 1. The Labute approximate surface area is 132 Å². The van der Waals surface area contributed by atoms with E-state index in [0.717, 1.165) is 30.3 Å². The van der Waals surface area contributed by atoms with Gasteiger partial charge in [0.25, 0.3) is 5.91 Å². The van der Waals surface area contributed by atoms with Crippen molar-refractivity contribution >= 4 is 45.0 Å². The summed E-state index contributed by atoms with van der Waals surface area (Å²) in [6, 6.07) is 5.69. The molecule has 2 rings (SSSR count). The molecule has 0 radical (unpaired) electrons. The molecule has 1 saturated carbocycles. The maximum Gasteiger partial charge on any atom is 0.254 e. The topological polar surface area (TPSA) is 20.3 Å². The van der Waals surface area contributed by atoms with E-state index in [1.54, 1.807) is 12.1 Å². The molecule has 1 fully saturated rings. The number of nitrogens with zero attached hydrogens (tertiary/aromatic N) is 1. The van der Waals surface area contributed by atoms with E-state index in [1.165, 1.54) is 6.42 Å². The Balaban J connectivity index is 2.17. The van der Waals surface area contributed by atoms with Crippen molar-refractivity contribution in [3.8, 4) is 0 Å². The van der Waals surface area contributed by atoms with E-state index in [0.29, 0.717) is 22.5 Å². The Bertz CT molecular complexity index is 443. The maximum absolute atomic E-state index is 12.6. The van der Waals surface area contributed by atoms with Gasteiger partial charge in [-0.2, -0.15) is 0 Å². The molecule has 0 aliphatic heterocycles. The van der Waals surface area contributed by atoms with Gasteiger partial charge >= 0.3 is 0 Å². The molecule has 19 heavy (non-hydrogen) atoms. The third kappa shape index (κ3) is 3.87. The van der Waals surface area contributed by atoms with Crippen LogP contribution in [0.4, 0.5) is 0 Å². The van der Waals surface area contributed by atoms with Gasteiger partial charge in [0.1, 0.15) is 0 Å². The Hall–Kier alpha value is -0.250. The predicted octanol–water partition coefficient (Wildman–Crippen LogP) is 4.73. The fourth-order valence-electron chi connectivity index (χ4n) is 2.22. The van der Waals surface area contributed by atoms with Crippen molar-refractivity contribution in [1.29, 1.82) is 0 Å². The molecular formula is C14H16BrCl2NO. The molecule has 0 bridgehead atoms. The van der Waals surface area contributed by atoms with Crippen molar-refractivity contribution in [2.24, 2.45) is 0 Å². The van der Waals surface area contributed by atoms with Gasteiger partial charge in [-0.25, -0.2) is 0 Å². The minimum Gasteiger partial charge on any atom is -0.336 e. The second-order valence-corrected chi connectivity index (χ2v) is 6.51. The average Bonchev–Trinajstić information content (AvgIpc) is 2.29. The Morgan fingerprint density at radius 3 is 2.63 bits per heavy atom. The first kappa shape index (κ1) is 15.1. The molecule has 2 nitrogen and oxygen atoms in total. The van der Waals surface area contributed by atoms with Crippen LogP contribution in [0.15, 0.2) is 22.7 Å². The first-order chi connectivity index (χ1) is 9.11. The van der Waals surface area contributed by atoms with Gasteiger partial charge in [-0.15, -0.1) is 11.6 Å². The van der Waals surface area contributed by atoms with Gasteiger partial charge in [-0.3, -0.25) is 4.79 Å². The van der Waals surface area contributed by atoms with Gasteiger partial charge in [-0.1, -0.05) is 27.5 Å². The van der Waals surface area contributed by atoms with E-state index in [2.05, 4.69) is 15.9 Å². The van der Waals surface area contributed by atoms with E-state index < -0.39 is 0 Å². The number of alkyl halides is 1. The van der Waals surface area contributed by atoms with Crippen molar-refractivity contribution in [2.45, 2.75) is 31.7 Å². The van der Waals surface area contributed by atoms with Gasteiger partial charge < -0.3 is 4.90 Å². The van der Waals surface area contributed by atoms with Crippen LogP contribution in [0, 0.1) is 0 Å². The lowest BCUT2D eigenvalue weighted by atomic mass is 9.91. The van der Waals surface area contributed by atoms with E-state index in [4.69, 9.17) is 23.2 Å². The van der Waals surface area contributed by atoms with Gasteiger partial charge in [0.2, 0.25) is 0 Å². The largest absolute Gasteiger partial charge is 0.336 e. The zero-order valence-corrected chi connectivity index (χ0v) is 13.6. The van der Waals surface area contributed by atoms with Crippen LogP contribution in [0.25, 0.3) is 0 Å². The van der Waals surface area contributed by atoms with Gasteiger partial charge in [0.05, 0.1) is 0 Å². The second kappa shape index (κ2) is 6.96. The van der Waals surface area contributed by atoms with Crippen molar-refractivity contribution < 1.29 is 4.79 Å². The molecule has 104 valence electrons. The molecule has 0 saturated heterocycles. The van der Waals surface area contributed by atoms with E-state index in [-0.39, 0.29) is 5.91 Å². The molecular weight excluding hydrogens is 349 g/mol. The molecule has 0 aromatic heterocycles. The molecule has 5 heteroatoms. The summed E-state index contributed by atoms with van der Waals surface area (Å²) in [6.07, 6.45) is 4.21. The standard InChI is InChI=1S/C14H16BrCl2NO/c15-11-7-10(8-12(17)9-11)14(19)18(6-2-5-16)13-3-1-4-13/h7-9,13H,1-6H2. The van der Waals surface area contributed by atoms with Crippen LogP contribution in [0.3, 0.4) is 0 Å². The Morgan fingerprint density at radius 1 is 1.37 bits per heavy atom. The van der Waals surface area contributed by atoms with Crippen LogP contribution < -0.4 is 0 Å². The zero-order valence-electron chi connectivity index (χ0n) is 10.5. The van der Waals surface area contributed by atoms with Crippen LogP contribution in [0.2, 0.25) is 5.02 Å². The lowest BCUT2D eigenvalue weighted by molar-refractivity contribution is 0.0580. The summed E-state index contributed by atoms with van der Waals surface area (Å²) in [4.78, 5) is 14.5. The SMILES string of the molecule is O=C(c1cc(Cl)cc(Br)c1)N(CCCCl)C1CCC1. The number of carbonyl (C=O) groups excluding carboxylic acids is 1. The molecule has 1 aliphatic rings. The molecule has 0 spiro atoms. The Kier molecular flexibility index (Phi) is 5.55. The van der Waals surface area contributed by atoms with Crippen LogP contribution in [0.5, 0.6) is 0 Å². The third-order valence-corrected chi connectivity index (χ3v) is 4.36. The molecule has 0 atom stereocenters. The van der Waals surface area contributed by atoms with Crippen LogP contribution in [0.1, 0.15) is 36.0 Å². The van der Waals surface area contributed by atoms with Crippen LogP contribution in [-0.2, 0) is 0 Å². The fourth-order valence-corrected chi connectivity index (χ4v) is 3.20. The van der Waals surface area contributed by atoms with E-state index in [1.807, 2.05) is 11.0 Å². The minimum absolute atomic E-state index is 0.0537. The molecule has 0 N–H and O–H groups in total. The highest BCUT2D eigenvalue weighted by atomic mass is 79.9. The zero-order chi connectivity index (χ0) is 13.8. The van der Waals surface area contributed by atoms with Crippen LogP contribution in [-0.4, -0.2) is 29.3 Å². The van der Waals surface area contributed by atoms with E-state index in [9.17, 15) is 4.79 Å². The highest BCUT2D eigenvalue weighted by Gasteiger charge is 2.29. The van der Waals surface area contributed by atoms with Gasteiger partial charge in [0, 0.05) is 33.5 Å². The lowest BCUT2D eigenvalue weighted by Gasteiger charge is -2.37. The summed E-state index contributed by atoms with van der Waals surface area (Å²) in [5.41, 5.74) is 0.640. The smallest absolute Gasteiger partial charge is 0.254 e. The first-order valence-corrected chi connectivity index (χ1v) is 8.15. The maximum atomic E-state index is 12.6. The molecule has 0 unspecified atom stereocenters. The number of amides is 1. The highest BCUT2D eigenvalue weighted by molar-refractivity contribution is 9.10. The van der Waals surface area contributed by atoms with Crippen molar-refractivity contribution in [3.63, 3.8) is 0 Å². The summed E-state index contributed by atoms with van der Waals surface area (Å²) in [6.45, 7) is 0.719. The monoisotopic (exact) mass is 363 g/mol. The predicted molar refractivity (Wildman–Crippen MR) is 83.2 cm³/mol. The number of benzene rings is 1. The lowest BCUT2D eigenvalue weighted by Crippen LogP contribution is -2.44.